The topological polar surface area (TPSA) is 59.1 Å². The van der Waals surface area contributed by atoms with E-state index in [0.29, 0.717) is 5.95 Å². The molecule has 2 aromatic heterocycles. The van der Waals surface area contributed by atoms with Crippen molar-refractivity contribution in [3.63, 3.8) is 0 Å². The van der Waals surface area contributed by atoms with Crippen LogP contribution >= 0.6 is 11.3 Å². The minimum atomic E-state index is 0.558. The van der Waals surface area contributed by atoms with Gasteiger partial charge in [-0.2, -0.15) is 4.98 Å². The molecule has 0 unspecified atom stereocenters. The highest BCUT2D eigenvalue weighted by atomic mass is 32.1. The van der Waals surface area contributed by atoms with Gasteiger partial charge in [0.2, 0.25) is 5.95 Å². The quantitative estimate of drug-likeness (QED) is 0.502. The number of para-hydroxylation sites is 1. The van der Waals surface area contributed by atoms with Crippen LogP contribution in [0.2, 0.25) is 0 Å². The van der Waals surface area contributed by atoms with E-state index in [4.69, 9.17) is 4.74 Å². The van der Waals surface area contributed by atoms with Crippen molar-refractivity contribution >= 4 is 39.7 Å². The van der Waals surface area contributed by atoms with Crippen LogP contribution in [0.3, 0.4) is 0 Å². The predicted octanol–water partition coefficient (Wildman–Crippen LogP) is 5.06. The Kier molecular flexibility index (Phi) is 4.66. The summed E-state index contributed by atoms with van der Waals surface area (Å²) in [7, 11) is 1.65. The van der Waals surface area contributed by atoms with E-state index in [2.05, 4.69) is 38.1 Å². The molecule has 2 aromatic carbocycles. The van der Waals surface area contributed by atoms with Gasteiger partial charge < -0.3 is 15.4 Å². The third-order valence-corrected chi connectivity index (χ3v) is 4.84. The molecule has 0 aliphatic carbocycles. The first kappa shape index (κ1) is 16.4. The minimum Gasteiger partial charge on any atom is -0.497 e. The summed E-state index contributed by atoms with van der Waals surface area (Å²) in [5.74, 6) is 2.19. The lowest BCUT2D eigenvalue weighted by molar-refractivity contribution is 0.415. The summed E-state index contributed by atoms with van der Waals surface area (Å²) >= 11 is 1.72. The molecule has 0 radical (unpaired) electrons. The van der Waals surface area contributed by atoms with Gasteiger partial charge in [0.25, 0.3) is 0 Å². The Morgan fingerprint density at radius 2 is 1.81 bits per heavy atom. The highest BCUT2D eigenvalue weighted by Gasteiger charge is 2.08. The Labute approximate surface area is 155 Å². The summed E-state index contributed by atoms with van der Waals surface area (Å²) in [5, 5.41) is 9.78. The number of fused-ring (bicyclic) bond motifs is 1. The smallest absolute Gasteiger partial charge is 0.229 e. The van der Waals surface area contributed by atoms with E-state index in [-0.39, 0.29) is 0 Å². The molecule has 4 aromatic rings. The average Bonchev–Trinajstić information content (AvgIpc) is 3.20. The Morgan fingerprint density at radius 1 is 0.962 bits per heavy atom. The molecule has 26 heavy (non-hydrogen) atoms. The summed E-state index contributed by atoms with van der Waals surface area (Å²) in [4.78, 5) is 10.6. The first-order valence-electron chi connectivity index (χ1n) is 8.26. The number of ether oxygens (including phenoxy) is 1. The van der Waals surface area contributed by atoms with E-state index in [1.807, 2.05) is 48.5 Å². The van der Waals surface area contributed by atoms with E-state index in [1.165, 1.54) is 4.88 Å². The molecule has 0 fully saturated rings. The first-order chi connectivity index (χ1) is 12.8. The normalized spacial score (nSPS) is 10.7. The van der Waals surface area contributed by atoms with E-state index in [0.717, 1.165) is 34.7 Å². The lowest BCUT2D eigenvalue weighted by Crippen LogP contribution is -2.05. The molecule has 2 heterocycles. The van der Waals surface area contributed by atoms with Crippen molar-refractivity contribution in [1.29, 1.82) is 0 Å². The maximum Gasteiger partial charge on any atom is 0.229 e. The maximum atomic E-state index is 5.20. The lowest BCUT2D eigenvalue weighted by Gasteiger charge is -2.11. The third kappa shape index (κ3) is 3.60. The summed E-state index contributed by atoms with van der Waals surface area (Å²) in [6.07, 6.45) is 0. The van der Waals surface area contributed by atoms with Crippen LogP contribution in [0.15, 0.2) is 66.0 Å². The van der Waals surface area contributed by atoms with Crippen LogP contribution in [0.5, 0.6) is 5.75 Å². The van der Waals surface area contributed by atoms with Crippen LogP contribution in [-0.2, 0) is 6.54 Å². The van der Waals surface area contributed by atoms with Gasteiger partial charge in [0.15, 0.2) is 0 Å². The number of nitrogens with zero attached hydrogens (tertiary/aromatic N) is 2. The number of thiophene rings is 1. The van der Waals surface area contributed by atoms with Gasteiger partial charge in [-0.1, -0.05) is 18.2 Å². The molecular weight excluding hydrogens is 344 g/mol. The zero-order valence-corrected chi connectivity index (χ0v) is 15.1. The van der Waals surface area contributed by atoms with Gasteiger partial charge in [0.1, 0.15) is 11.6 Å². The van der Waals surface area contributed by atoms with Gasteiger partial charge >= 0.3 is 0 Å². The Bertz CT molecular complexity index is 1000. The lowest BCUT2D eigenvalue weighted by atomic mass is 10.2. The SMILES string of the molecule is COc1ccc(Nc2nc(NCc3cccs3)c3ccccc3n2)cc1. The molecule has 0 spiro atoms. The zero-order valence-electron chi connectivity index (χ0n) is 14.3. The second-order valence-corrected chi connectivity index (χ2v) is 6.73. The second-order valence-electron chi connectivity index (χ2n) is 5.70. The third-order valence-electron chi connectivity index (χ3n) is 3.96. The predicted molar refractivity (Wildman–Crippen MR) is 107 cm³/mol. The highest BCUT2D eigenvalue weighted by Crippen LogP contribution is 2.25. The summed E-state index contributed by atoms with van der Waals surface area (Å²) < 4.78 is 5.20. The molecular formula is C20H18N4OS. The monoisotopic (exact) mass is 362 g/mol. The molecule has 0 saturated heterocycles. The number of nitrogens with one attached hydrogen (secondary N) is 2. The number of methoxy groups -OCH3 is 1. The fourth-order valence-corrected chi connectivity index (χ4v) is 3.30. The molecule has 6 heteroatoms. The van der Waals surface area contributed by atoms with E-state index in [1.54, 1.807) is 18.4 Å². The van der Waals surface area contributed by atoms with Crippen molar-refractivity contribution in [1.82, 2.24) is 9.97 Å². The second kappa shape index (κ2) is 7.41. The maximum absolute atomic E-state index is 5.20. The molecule has 0 aliphatic rings. The summed E-state index contributed by atoms with van der Waals surface area (Å²) in [6.45, 7) is 0.737. The molecule has 2 N–H and O–H groups in total. The van der Waals surface area contributed by atoms with Crippen LogP contribution in [0.25, 0.3) is 10.9 Å². The Morgan fingerprint density at radius 3 is 2.58 bits per heavy atom. The molecule has 130 valence electrons. The minimum absolute atomic E-state index is 0.558. The van der Waals surface area contributed by atoms with Crippen molar-refractivity contribution in [2.24, 2.45) is 0 Å². The van der Waals surface area contributed by atoms with Crippen LogP contribution in [-0.4, -0.2) is 17.1 Å². The first-order valence-corrected chi connectivity index (χ1v) is 9.14. The van der Waals surface area contributed by atoms with Crippen molar-refractivity contribution < 1.29 is 4.74 Å². The summed E-state index contributed by atoms with van der Waals surface area (Å²) in [5.41, 5.74) is 1.80. The fraction of sp³-hybridized carbons (Fsp3) is 0.100. The molecule has 4 rings (SSSR count). The largest absolute Gasteiger partial charge is 0.497 e. The summed E-state index contributed by atoms with van der Waals surface area (Å²) in [6, 6.07) is 19.9. The highest BCUT2D eigenvalue weighted by molar-refractivity contribution is 7.09. The molecule has 0 atom stereocenters. The van der Waals surface area contributed by atoms with E-state index in [9.17, 15) is 0 Å². The van der Waals surface area contributed by atoms with Crippen LogP contribution in [0, 0.1) is 0 Å². The number of anilines is 3. The fourth-order valence-electron chi connectivity index (χ4n) is 2.65. The molecule has 0 aliphatic heterocycles. The molecule has 0 bridgehead atoms. The molecule has 5 nitrogen and oxygen atoms in total. The molecule has 0 saturated carbocycles. The molecule has 0 amide bonds. The van der Waals surface area contributed by atoms with Crippen LogP contribution in [0.4, 0.5) is 17.5 Å². The van der Waals surface area contributed by atoms with Gasteiger partial charge in [-0.15, -0.1) is 11.3 Å². The van der Waals surface area contributed by atoms with Gasteiger partial charge in [-0.25, -0.2) is 4.98 Å². The number of rotatable bonds is 6. The Hall–Kier alpha value is -3.12. The van der Waals surface area contributed by atoms with Gasteiger partial charge in [-0.05, 0) is 47.8 Å². The van der Waals surface area contributed by atoms with Crippen LogP contribution < -0.4 is 15.4 Å². The number of hydrogen-bond donors (Lipinski definition) is 2. The van der Waals surface area contributed by atoms with Crippen molar-refractivity contribution in [3.8, 4) is 5.75 Å². The zero-order chi connectivity index (χ0) is 17.8. The van der Waals surface area contributed by atoms with Crippen molar-refractivity contribution in [3.05, 3.63) is 70.9 Å². The van der Waals surface area contributed by atoms with E-state index < -0.39 is 0 Å². The standard InChI is InChI=1S/C20H18N4OS/c1-25-15-10-8-14(9-11-15)22-20-23-18-7-3-2-6-17(18)19(24-20)21-13-16-5-4-12-26-16/h2-12H,13H2,1H3,(H2,21,22,23,24). The van der Waals surface area contributed by atoms with Gasteiger partial charge in [0, 0.05) is 16.0 Å². The Balaban J connectivity index is 1.63. The van der Waals surface area contributed by atoms with Gasteiger partial charge in [-0.3, -0.25) is 0 Å². The number of aromatic nitrogens is 2. The van der Waals surface area contributed by atoms with Crippen LogP contribution in [0.1, 0.15) is 4.88 Å². The van der Waals surface area contributed by atoms with Crippen molar-refractivity contribution in [2.75, 3.05) is 17.7 Å². The van der Waals surface area contributed by atoms with Crippen molar-refractivity contribution in [2.45, 2.75) is 6.54 Å². The average molecular weight is 362 g/mol. The van der Waals surface area contributed by atoms with E-state index >= 15 is 0 Å². The number of hydrogen-bond acceptors (Lipinski definition) is 6. The number of benzene rings is 2. The van der Waals surface area contributed by atoms with Gasteiger partial charge in [0.05, 0.1) is 19.2 Å².